The van der Waals surface area contributed by atoms with Crippen molar-refractivity contribution in [1.82, 2.24) is 14.9 Å². The molecule has 0 aromatic carbocycles. The van der Waals surface area contributed by atoms with E-state index in [1.807, 2.05) is 0 Å². The highest BCUT2D eigenvalue weighted by Gasteiger charge is 2.23. The number of piperazine rings is 1. The molecule has 8 heteroatoms. The number of hydrogen-bond acceptors (Lipinski definition) is 6. The molecule has 26 heavy (non-hydrogen) atoms. The number of nitrogens with zero attached hydrogens (tertiary/aromatic N) is 4. The van der Waals surface area contributed by atoms with Crippen LogP contribution in [-0.4, -0.2) is 59.5 Å². The van der Waals surface area contributed by atoms with Crippen LogP contribution in [0, 0.1) is 0 Å². The summed E-state index contributed by atoms with van der Waals surface area (Å²) >= 11 is 5.85. The van der Waals surface area contributed by atoms with Crippen molar-refractivity contribution in [2.24, 2.45) is 0 Å². The van der Waals surface area contributed by atoms with Gasteiger partial charge in [0.25, 0.3) is 5.91 Å². The largest absolute Gasteiger partial charge is 0.462 e. The molecule has 0 N–H and O–H groups in total. The van der Waals surface area contributed by atoms with Crippen molar-refractivity contribution in [2.45, 2.75) is 6.92 Å². The summed E-state index contributed by atoms with van der Waals surface area (Å²) in [7, 11) is 0. The number of pyridine rings is 2. The van der Waals surface area contributed by atoms with Crippen molar-refractivity contribution in [1.29, 1.82) is 0 Å². The van der Waals surface area contributed by atoms with E-state index in [2.05, 4.69) is 14.9 Å². The molecular weight excluding hydrogens is 356 g/mol. The first-order valence-corrected chi connectivity index (χ1v) is 8.75. The Morgan fingerprint density at radius 1 is 1.12 bits per heavy atom. The Bertz CT molecular complexity index is 789. The van der Waals surface area contributed by atoms with Gasteiger partial charge in [0.1, 0.15) is 11.0 Å². The van der Waals surface area contributed by atoms with Crippen LogP contribution < -0.4 is 4.90 Å². The summed E-state index contributed by atoms with van der Waals surface area (Å²) in [6, 6.07) is 6.74. The topological polar surface area (TPSA) is 75.6 Å². The zero-order valence-corrected chi connectivity index (χ0v) is 15.1. The molecule has 136 valence electrons. The maximum Gasteiger partial charge on any atom is 0.339 e. The van der Waals surface area contributed by atoms with Crippen LogP contribution >= 0.6 is 11.6 Å². The first kappa shape index (κ1) is 18.1. The van der Waals surface area contributed by atoms with Gasteiger partial charge in [-0.2, -0.15) is 0 Å². The molecule has 1 saturated heterocycles. The molecule has 1 fully saturated rings. The SMILES string of the molecule is CCOC(=O)c1ccc(N2CCN(C(=O)c3ccnc(Cl)c3)CC2)nc1. The molecule has 2 aromatic rings. The number of hydrogen-bond donors (Lipinski definition) is 0. The van der Waals surface area contributed by atoms with Gasteiger partial charge >= 0.3 is 5.97 Å². The van der Waals surface area contributed by atoms with E-state index in [1.165, 1.54) is 12.4 Å². The lowest BCUT2D eigenvalue weighted by Crippen LogP contribution is -2.49. The summed E-state index contributed by atoms with van der Waals surface area (Å²) in [5, 5.41) is 0.306. The molecule has 7 nitrogen and oxygen atoms in total. The van der Waals surface area contributed by atoms with Crippen LogP contribution in [0.2, 0.25) is 5.15 Å². The highest BCUT2D eigenvalue weighted by molar-refractivity contribution is 6.29. The summed E-state index contributed by atoms with van der Waals surface area (Å²) in [6.45, 7) is 4.59. The molecule has 0 aliphatic carbocycles. The Morgan fingerprint density at radius 2 is 1.88 bits per heavy atom. The molecule has 0 spiro atoms. The van der Waals surface area contributed by atoms with Crippen LogP contribution in [-0.2, 0) is 4.74 Å². The molecule has 3 heterocycles. The van der Waals surface area contributed by atoms with Gasteiger partial charge in [-0.1, -0.05) is 11.6 Å². The number of ether oxygens (including phenoxy) is 1. The van der Waals surface area contributed by atoms with Crippen LogP contribution in [0.25, 0.3) is 0 Å². The summed E-state index contributed by atoms with van der Waals surface area (Å²) in [4.78, 5) is 36.3. The average Bonchev–Trinajstić information content (AvgIpc) is 2.68. The van der Waals surface area contributed by atoms with E-state index < -0.39 is 0 Å². The predicted molar refractivity (Wildman–Crippen MR) is 97.6 cm³/mol. The lowest BCUT2D eigenvalue weighted by atomic mass is 10.2. The fourth-order valence-corrected chi connectivity index (χ4v) is 2.94. The second kappa shape index (κ2) is 8.14. The summed E-state index contributed by atoms with van der Waals surface area (Å²) < 4.78 is 4.95. The molecule has 3 rings (SSSR count). The number of amides is 1. The first-order chi connectivity index (χ1) is 12.6. The van der Waals surface area contributed by atoms with Crippen molar-refractivity contribution in [3.63, 3.8) is 0 Å². The van der Waals surface area contributed by atoms with E-state index >= 15 is 0 Å². The van der Waals surface area contributed by atoms with Gasteiger partial charge in [0.05, 0.1) is 12.2 Å². The summed E-state index contributed by atoms with van der Waals surface area (Å²) in [5.74, 6) is 0.342. The zero-order chi connectivity index (χ0) is 18.5. The minimum Gasteiger partial charge on any atom is -0.462 e. The number of carbonyl (C=O) groups excluding carboxylic acids is 2. The summed E-state index contributed by atoms with van der Waals surface area (Å²) in [5.41, 5.74) is 0.967. The molecule has 0 radical (unpaired) electrons. The highest BCUT2D eigenvalue weighted by atomic mass is 35.5. The maximum atomic E-state index is 12.5. The van der Waals surface area contributed by atoms with Crippen LogP contribution in [0.15, 0.2) is 36.7 Å². The van der Waals surface area contributed by atoms with E-state index in [1.54, 1.807) is 36.1 Å². The fourth-order valence-electron chi connectivity index (χ4n) is 2.77. The van der Waals surface area contributed by atoms with E-state index in [4.69, 9.17) is 16.3 Å². The van der Waals surface area contributed by atoms with E-state index in [9.17, 15) is 9.59 Å². The van der Waals surface area contributed by atoms with Gasteiger partial charge in [-0.3, -0.25) is 4.79 Å². The Labute approximate surface area is 156 Å². The van der Waals surface area contributed by atoms with Crippen LogP contribution in [0.3, 0.4) is 0 Å². The Hall–Kier alpha value is -2.67. The van der Waals surface area contributed by atoms with E-state index in [-0.39, 0.29) is 11.9 Å². The minimum atomic E-state index is -0.377. The number of halogens is 1. The number of aromatic nitrogens is 2. The van der Waals surface area contributed by atoms with Gasteiger partial charge in [-0.25, -0.2) is 14.8 Å². The number of esters is 1. The molecule has 1 aliphatic heterocycles. The quantitative estimate of drug-likeness (QED) is 0.603. The van der Waals surface area contributed by atoms with Crippen molar-refractivity contribution in [3.05, 3.63) is 52.9 Å². The van der Waals surface area contributed by atoms with Gasteiger partial charge in [0.15, 0.2) is 0 Å². The highest BCUT2D eigenvalue weighted by Crippen LogP contribution is 2.17. The van der Waals surface area contributed by atoms with Crippen molar-refractivity contribution >= 4 is 29.3 Å². The monoisotopic (exact) mass is 374 g/mol. The third-order valence-corrected chi connectivity index (χ3v) is 4.33. The van der Waals surface area contributed by atoms with Crippen LogP contribution in [0.1, 0.15) is 27.6 Å². The van der Waals surface area contributed by atoms with E-state index in [0.717, 1.165) is 5.82 Å². The van der Waals surface area contributed by atoms with Crippen LogP contribution in [0.5, 0.6) is 0 Å². The minimum absolute atomic E-state index is 0.0560. The van der Waals surface area contributed by atoms with Crippen molar-refractivity contribution in [2.75, 3.05) is 37.7 Å². The molecule has 1 aliphatic rings. The van der Waals surface area contributed by atoms with Crippen molar-refractivity contribution < 1.29 is 14.3 Å². The second-order valence-corrected chi connectivity index (χ2v) is 6.16. The third kappa shape index (κ3) is 4.11. The average molecular weight is 375 g/mol. The summed E-state index contributed by atoms with van der Waals surface area (Å²) in [6.07, 6.45) is 3.05. The third-order valence-electron chi connectivity index (χ3n) is 4.12. The van der Waals surface area contributed by atoms with Gasteiger partial charge in [0, 0.05) is 44.1 Å². The maximum absolute atomic E-state index is 12.5. The molecule has 0 bridgehead atoms. The van der Waals surface area contributed by atoms with E-state index in [0.29, 0.717) is 49.1 Å². The molecule has 1 amide bonds. The lowest BCUT2D eigenvalue weighted by Gasteiger charge is -2.35. The predicted octanol–water partition coefficient (Wildman–Crippen LogP) is 2.27. The Kier molecular flexibility index (Phi) is 5.68. The second-order valence-electron chi connectivity index (χ2n) is 5.77. The smallest absolute Gasteiger partial charge is 0.339 e. The lowest BCUT2D eigenvalue weighted by molar-refractivity contribution is 0.0525. The molecule has 0 unspecified atom stereocenters. The zero-order valence-electron chi connectivity index (χ0n) is 14.4. The first-order valence-electron chi connectivity index (χ1n) is 8.37. The number of rotatable bonds is 4. The Balaban J connectivity index is 1.60. The van der Waals surface area contributed by atoms with Gasteiger partial charge in [-0.15, -0.1) is 0 Å². The van der Waals surface area contributed by atoms with Gasteiger partial charge in [-0.05, 0) is 31.2 Å². The Morgan fingerprint density at radius 3 is 2.50 bits per heavy atom. The molecule has 0 atom stereocenters. The van der Waals surface area contributed by atoms with Crippen LogP contribution in [0.4, 0.5) is 5.82 Å². The molecular formula is C18H19ClN4O3. The fraction of sp³-hybridized carbons (Fsp3) is 0.333. The standard InChI is InChI=1S/C18H19ClN4O3/c1-2-26-18(25)14-3-4-16(21-12-14)22-7-9-23(10-8-22)17(24)13-5-6-20-15(19)11-13/h3-6,11-12H,2,7-10H2,1H3. The number of carbonyl (C=O) groups is 2. The number of anilines is 1. The normalized spacial score (nSPS) is 14.2. The molecule has 0 saturated carbocycles. The van der Waals surface area contributed by atoms with Gasteiger partial charge in [0.2, 0.25) is 0 Å². The molecule has 2 aromatic heterocycles. The van der Waals surface area contributed by atoms with Crippen molar-refractivity contribution in [3.8, 4) is 0 Å². The van der Waals surface area contributed by atoms with Gasteiger partial charge < -0.3 is 14.5 Å².